The number of carbonyl (C=O) groups is 1. The first kappa shape index (κ1) is 13.5. The van der Waals surface area contributed by atoms with Crippen molar-refractivity contribution < 1.29 is 9.90 Å². The fraction of sp³-hybridized carbons (Fsp3) is 0.143. The molecule has 0 aliphatic heterocycles. The SMILES string of the molecule is O=C(NCc1cccc(CO)c1)c1ccnc(Cl)c1. The molecule has 98 valence electrons. The number of hydrogen-bond acceptors (Lipinski definition) is 3. The van der Waals surface area contributed by atoms with Crippen LogP contribution in [0.1, 0.15) is 21.5 Å². The highest BCUT2D eigenvalue weighted by atomic mass is 35.5. The van der Waals surface area contributed by atoms with Crippen molar-refractivity contribution in [2.24, 2.45) is 0 Å². The van der Waals surface area contributed by atoms with Gasteiger partial charge >= 0.3 is 0 Å². The number of nitrogens with zero attached hydrogens (tertiary/aromatic N) is 1. The summed E-state index contributed by atoms with van der Waals surface area (Å²) in [5, 5.41) is 12.1. The fourth-order valence-corrected chi connectivity index (χ4v) is 1.84. The van der Waals surface area contributed by atoms with Gasteiger partial charge in [0.25, 0.3) is 5.91 Å². The van der Waals surface area contributed by atoms with Gasteiger partial charge in [-0.25, -0.2) is 4.98 Å². The number of nitrogens with one attached hydrogen (secondary N) is 1. The van der Waals surface area contributed by atoms with Crippen molar-refractivity contribution in [1.29, 1.82) is 0 Å². The number of halogens is 1. The smallest absolute Gasteiger partial charge is 0.251 e. The van der Waals surface area contributed by atoms with Crippen LogP contribution in [0.5, 0.6) is 0 Å². The molecule has 19 heavy (non-hydrogen) atoms. The Labute approximate surface area is 116 Å². The fourth-order valence-electron chi connectivity index (χ4n) is 1.67. The quantitative estimate of drug-likeness (QED) is 0.841. The largest absolute Gasteiger partial charge is 0.392 e. The number of aliphatic hydroxyl groups is 1. The molecular formula is C14H13ClN2O2. The van der Waals surface area contributed by atoms with Crippen LogP contribution in [0.15, 0.2) is 42.6 Å². The summed E-state index contributed by atoms with van der Waals surface area (Å²) in [6.07, 6.45) is 1.49. The van der Waals surface area contributed by atoms with Gasteiger partial charge in [-0.15, -0.1) is 0 Å². The van der Waals surface area contributed by atoms with Gasteiger partial charge in [-0.05, 0) is 23.3 Å². The van der Waals surface area contributed by atoms with E-state index in [1.54, 1.807) is 6.07 Å². The minimum atomic E-state index is -0.210. The molecule has 0 unspecified atom stereocenters. The van der Waals surface area contributed by atoms with Gasteiger partial charge in [0.2, 0.25) is 0 Å². The summed E-state index contributed by atoms with van der Waals surface area (Å²) in [7, 11) is 0. The van der Waals surface area contributed by atoms with E-state index >= 15 is 0 Å². The lowest BCUT2D eigenvalue weighted by molar-refractivity contribution is 0.0951. The van der Waals surface area contributed by atoms with Gasteiger partial charge in [-0.3, -0.25) is 4.79 Å². The molecule has 0 spiro atoms. The second-order valence-corrected chi connectivity index (χ2v) is 4.42. The summed E-state index contributed by atoms with van der Waals surface area (Å²) >= 11 is 5.73. The minimum absolute atomic E-state index is 0.0122. The lowest BCUT2D eigenvalue weighted by Crippen LogP contribution is -2.22. The molecule has 2 N–H and O–H groups in total. The monoisotopic (exact) mass is 276 g/mol. The Bertz CT molecular complexity index is 587. The lowest BCUT2D eigenvalue weighted by Gasteiger charge is -2.06. The van der Waals surface area contributed by atoms with E-state index in [-0.39, 0.29) is 17.7 Å². The Morgan fingerprint density at radius 2 is 2.05 bits per heavy atom. The van der Waals surface area contributed by atoms with E-state index < -0.39 is 0 Å². The first-order valence-corrected chi connectivity index (χ1v) is 6.15. The second kappa shape index (κ2) is 6.31. The van der Waals surface area contributed by atoms with E-state index in [1.165, 1.54) is 12.3 Å². The zero-order valence-electron chi connectivity index (χ0n) is 10.1. The molecule has 2 aromatic rings. The molecule has 0 atom stereocenters. The van der Waals surface area contributed by atoms with Crippen molar-refractivity contribution in [3.05, 3.63) is 64.4 Å². The van der Waals surface area contributed by atoms with E-state index in [1.807, 2.05) is 24.3 Å². The summed E-state index contributed by atoms with van der Waals surface area (Å²) in [6, 6.07) is 10.5. The molecule has 1 amide bonds. The van der Waals surface area contributed by atoms with Crippen molar-refractivity contribution in [2.75, 3.05) is 0 Å². The minimum Gasteiger partial charge on any atom is -0.392 e. The maximum atomic E-state index is 11.9. The number of aliphatic hydroxyl groups excluding tert-OH is 1. The number of hydrogen-bond donors (Lipinski definition) is 2. The van der Waals surface area contributed by atoms with Crippen molar-refractivity contribution in [3.63, 3.8) is 0 Å². The van der Waals surface area contributed by atoms with Crippen LogP contribution in [-0.4, -0.2) is 16.0 Å². The van der Waals surface area contributed by atoms with Crippen LogP contribution < -0.4 is 5.32 Å². The normalized spacial score (nSPS) is 10.2. The van der Waals surface area contributed by atoms with Gasteiger partial charge < -0.3 is 10.4 Å². The molecule has 0 saturated carbocycles. The van der Waals surface area contributed by atoms with Crippen molar-refractivity contribution in [3.8, 4) is 0 Å². The first-order chi connectivity index (χ1) is 9.19. The average molecular weight is 277 g/mol. The van der Waals surface area contributed by atoms with Crippen LogP contribution in [0.4, 0.5) is 0 Å². The predicted molar refractivity (Wildman–Crippen MR) is 72.8 cm³/mol. The van der Waals surface area contributed by atoms with Gasteiger partial charge in [0, 0.05) is 18.3 Å². The first-order valence-electron chi connectivity index (χ1n) is 5.77. The highest BCUT2D eigenvalue weighted by Crippen LogP contribution is 2.08. The van der Waals surface area contributed by atoms with Crippen LogP contribution in [0.2, 0.25) is 5.15 Å². The Balaban J connectivity index is 2.00. The van der Waals surface area contributed by atoms with Gasteiger partial charge in [0.1, 0.15) is 5.15 Å². The Hall–Kier alpha value is -1.91. The maximum Gasteiger partial charge on any atom is 0.251 e. The van der Waals surface area contributed by atoms with Crippen LogP contribution in [-0.2, 0) is 13.2 Å². The zero-order valence-corrected chi connectivity index (χ0v) is 10.9. The van der Waals surface area contributed by atoms with Crippen molar-refractivity contribution in [1.82, 2.24) is 10.3 Å². The average Bonchev–Trinajstić information content (AvgIpc) is 2.45. The molecule has 1 heterocycles. The summed E-state index contributed by atoms with van der Waals surface area (Å²) in [5.41, 5.74) is 2.22. The molecule has 1 aromatic carbocycles. The molecule has 2 rings (SSSR count). The number of aromatic nitrogens is 1. The second-order valence-electron chi connectivity index (χ2n) is 4.03. The van der Waals surface area contributed by atoms with Crippen LogP contribution >= 0.6 is 11.6 Å². The Morgan fingerprint density at radius 3 is 2.79 bits per heavy atom. The molecule has 0 bridgehead atoms. The van der Waals surface area contributed by atoms with E-state index in [4.69, 9.17) is 16.7 Å². The number of pyridine rings is 1. The third-order valence-corrected chi connectivity index (χ3v) is 2.82. The van der Waals surface area contributed by atoms with Crippen molar-refractivity contribution in [2.45, 2.75) is 13.2 Å². The van der Waals surface area contributed by atoms with E-state index in [9.17, 15) is 4.79 Å². The molecule has 0 aliphatic carbocycles. The van der Waals surface area contributed by atoms with Crippen molar-refractivity contribution >= 4 is 17.5 Å². The zero-order chi connectivity index (χ0) is 13.7. The highest BCUT2D eigenvalue weighted by Gasteiger charge is 2.06. The van der Waals surface area contributed by atoms with E-state index in [2.05, 4.69) is 10.3 Å². The Morgan fingerprint density at radius 1 is 1.26 bits per heavy atom. The Kier molecular flexibility index (Phi) is 4.49. The number of amides is 1. The standard InChI is InChI=1S/C14H13ClN2O2/c15-13-7-12(4-5-16-13)14(19)17-8-10-2-1-3-11(6-10)9-18/h1-7,18H,8-9H2,(H,17,19). The van der Waals surface area contributed by atoms with Gasteiger partial charge in [-0.1, -0.05) is 35.9 Å². The van der Waals surface area contributed by atoms with E-state index in [0.717, 1.165) is 11.1 Å². The third kappa shape index (κ3) is 3.77. The molecule has 1 aromatic heterocycles. The molecular weight excluding hydrogens is 264 g/mol. The molecule has 5 heteroatoms. The summed E-state index contributed by atoms with van der Waals surface area (Å²) in [5.74, 6) is -0.210. The number of benzene rings is 1. The summed E-state index contributed by atoms with van der Waals surface area (Å²) < 4.78 is 0. The van der Waals surface area contributed by atoms with Crippen LogP contribution in [0.3, 0.4) is 0 Å². The van der Waals surface area contributed by atoms with E-state index in [0.29, 0.717) is 12.1 Å². The third-order valence-electron chi connectivity index (χ3n) is 2.62. The van der Waals surface area contributed by atoms with Gasteiger partial charge in [0.05, 0.1) is 6.61 Å². The summed E-state index contributed by atoms with van der Waals surface area (Å²) in [4.78, 5) is 15.7. The van der Waals surface area contributed by atoms with Crippen LogP contribution in [0.25, 0.3) is 0 Å². The molecule has 4 nitrogen and oxygen atoms in total. The topological polar surface area (TPSA) is 62.2 Å². The predicted octanol–water partition coefficient (Wildman–Crippen LogP) is 2.16. The molecule has 0 saturated heterocycles. The lowest BCUT2D eigenvalue weighted by atomic mass is 10.1. The maximum absolute atomic E-state index is 11.9. The highest BCUT2D eigenvalue weighted by molar-refractivity contribution is 6.29. The number of carbonyl (C=O) groups excluding carboxylic acids is 1. The molecule has 0 radical (unpaired) electrons. The van der Waals surface area contributed by atoms with Gasteiger partial charge in [-0.2, -0.15) is 0 Å². The summed E-state index contributed by atoms with van der Waals surface area (Å²) in [6.45, 7) is 0.383. The molecule has 0 aliphatic rings. The van der Waals surface area contributed by atoms with Crippen LogP contribution in [0, 0.1) is 0 Å². The molecule has 0 fully saturated rings. The number of rotatable bonds is 4. The van der Waals surface area contributed by atoms with Gasteiger partial charge in [0.15, 0.2) is 0 Å².